The lowest BCUT2D eigenvalue weighted by Crippen LogP contribution is -2.14. The van der Waals surface area contributed by atoms with Gasteiger partial charge in [0.1, 0.15) is 5.75 Å². The number of para-hydroxylation sites is 2. The van der Waals surface area contributed by atoms with Crippen LogP contribution in [0, 0.1) is 0 Å². The molecule has 2 rings (SSSR count). The van der Waals surface area contributed by atoms with Crippen LogP contribution in [0.2, 0.25) is 10.3 Å². The maximum Gasteiger partial charge on any atom is 0.259 e. The molecule has 0 spiro atoms. The highest BCUT2D eigenvalue weighted by molar-refractivity contribution is 6.34. The number of nitrogens with one attached hydrogen (secondary N) is 1. The molecule has 0 radical (unpaired) electrons. The summed E-state index contributed by atoms with van der Waals surface area (Å²) in [5, 5.41) is 9.86. The number of aromatic nitrogens is 2. The Kier molecular flexibility index (Phi) is 4.19. The number of anilines is 1. The van der Waals surface area contributed by atoms with Gasteiger partial charge in [-0.2, -0.15) is 0 Å². The second kappa shape index (κ2) is 5.86. The molecule has 98 valence electrons. The average Bonchev–Trinajstić information content (AvgIpc) is 2.42. The standard InChI is InChI=1S/C12H9Cl2N3O2/c1-19-9-5-3-2-4-8(9)15-12(18)7-6-10(13)16-17-11(7)14/h2-6H,1H3,(H,15,18). The highest BCUT2D eigenvalue weighted by Crippen LogP contribution is 2.24. The van der Waals surface area contributed by atoms with Gasteiger partial charge in [0.15, 0.2) is 10.3 Å². The number of rotatable bonds is 3. The largest absolute Gasteiger partial charge is 0.495 e. The summed E-state index contributed by atoms with van der Waals surface area (Å²) in [6.45, 7) is 0. The van der Waals surface area contributed by atoms with Crippen molar-refractivity contribution < 1.29 is 9.53 Å². The molecule has 1 N–H and O–H groups in total. The fraction of sp³-hybridized carbons (Fsp3) is 0.0833. The summed E-state index contributed by atoms with van der Waals surface area (Å²) in [4.78, 5) is 12.1. The van der Waals surface area contributed by atoms with E-state index in [4.69, 9.17) is 27.9 Å². The van der Waals surface area contributed by atoms with E-state index in [1.54, 1.807) is 24.3 Å². The van der Waals surface area contributed by atoms with E-state index in [0.717, 1.165) is 0 Å². The molecule has 0 aliphatic heterocycles. The van der Waals surface area contributed by atoms with Crippen LogP contribution >= 0.6 is 23.2 Å². The lowest BCUT2D eigenvalue weighted by molar-refractivity contribution is 0.102. The van der Waals surface area contributed by atoms with E-state index in [9.17, 15) is 4.79 Å². The number of carbonyl (C=O) groups excluding carboxylic acids is 1. The van der Waals surface area contributed by atoms with Crippen molar-refractivity contribution in [2.45, 2.75) is 0 Å². The van der Waals surface area contributed by atoms with E-state index < -0.39 is 5.91 Å². The van der Waals surface area contributed by atoms with Crippen molar-refractivity contribution in [3.05, 3.63) is 46.2 Å². The summed E-state index contributed by atoms with van der Waals surface area (Å²) in [5.41, 5.74) is 0.673. The van der Waals surface area contributed by atoms with Crippen LogP contribution in [-0.2, 0) is 0 Å². The first kappa shape index (κ1) is 13.6. The summed E-state index contributed by atoms with van der Waals surface area (Å²) in [6.07, 6.45) is 0. The van der Waals surface area contributed by atoms with Gasteiger partial charge in [-0.25, -0.2) is 0 Å². The molecular formula is C12H9Cl2N3O2. The number of benzene rings is 1. The number of amides is 1. The van der Waals surface area contributed by atoms with Crippen LogP contribution in [0.1, 0.15) is 10.4 Å². The lowest BCUT2D eigenvalue weighted by Gasteiger charge is -2.10. The first-order valence-corrected chi connectivity index (χ1v) is 6.00. The van der Waals surface area contributed by atoms with E-state index in [1.165, 1.54) is 13.2 Å². The molecule has 0 aliphatic rings. The van der Waals surface area contributed by atoms with Crippen LogP contribution < -0.4 is 10.1 Å². The highest BCUT2D eigenvalue weighted by Gasteiger charge is 2.14. The summed E-state index contributed by atoms with van der Waals surface area (Å²) in [6, 6.07) is 8.36. The number of hydrogen-bond donors (Lipinski definition) is 1. The average molecular weight is 298 g/mol. The second-order valence-corrected chi connectivity index (χ2v) is 4.27. The number of halogens is 2. The van der Waals surface area contributed by atoms with Crippen molar-refractivity contribution in [2.75, 3.05) is 12.4 Å². The van der Waals surface area contributed by atoms with Crippen LogP contribution in [-0.4, -0.2) is 23.2 Å². The summed E-state index contributed by atoms with van der Waals surface area (Å²) in [7, 11) is 1.52. The van der Waals surface area contributed by atoms with Crippen molar-refractivity contribution >= 4 is 34.8 Å². The lowest BCUT2D eigenvalue weighted by atomic mass is 10.2. The summed E-state index contributed by atoms with van der Waals surface area (Å²) < 4.78 is 5.13. The highest BCUT2D eigenvalue weighted by atomic mass is 35.5. The van der Waals surface area contributed by atoms with Crippen LogP contribution in [0.3, 0.4) is 0 Å². The molecule has 0 aliphatic carbocycles. The molecule has 5 nitrogen and oxygen atoms in total. The second-order valence-electron chi connectivity index (χ2n) is 3.53. The zero-order chi connectivity index (χ0) is 13.8. The van der Waals surface area contributed by atoms with Crippen LogP contribution in [0.4, 0.5) is 5.69 Å². The van der Waals surface area contributed by atoms with Crippen molar-refractivity contribution in [1.82, 2.24) is 10.2 Å². The molecule has 1 aromatic heterocycles. The van der Waals surface area contributed by atoms with Gasteiger partial charge in [-0.15, -0.1) is 10.2 Å². The van der Waals surface area contributed by atoms with Gasteiger partial charge in [-0.3, -0.25) is 4.79 Å². The van der Waals surface area contributed by atoms with E-state index in [0.29, 0.717) is 11.4 Å². The summed E-state index contributed by atoms with van der Waals surface area (Å²) >= 11 is 11.5. The van der Waals surface area contributed by atoms with Gasteiger partial charge >= 0.3 is 0 Å². The fourth-order valence-corrected chi connectivity index (χ4v) is 1.77. The molecule has 0 saturated carbocycles. The minimum Gasteiger partial charge on any atom is -0.495 e. The zero-order valence-electron chi connectivity index (χ0n) is 9.85. The van der Waals surface area contributed by atoms with Crippen LogP contribution in [0.25, 0.3) is 0 Å². The van der Waals surface area contributed by atoms with E-state index in [2.05, 4.69) is 15.5 Å². The van der Waals surface area contributed by atoms with Crippen molar-refractivity contribution in [3.8, 4) is 5.75 Å². The van der Waals surface area contributed by atoms with Crippen LogP contribution in [0.5, 0.6) is 5.75 Å². The molecule has 0 fully saturated rings. The monoisotopic (exact) mass is 297 g/mol. The Morgan fingerprint density at radius 1 is 1.26 bits per heavy atom. The van der Waals surface area contributed by atoms with Crippen molar-refractivity contribution in [1.29, 1.82) is 0 Å². The third-order valence-corrected chi connectivity index (χ3v) is 2.78. The minimum atomic E-state index is -0.439. The predicted octanol–water partition coefficient (Wildman–Crippen LogP) is 3.04. The van der Waals surface area contributed by atoms with Gasteiger partial charge in [0.25, 0.3) is 5.91 Å². The molecule has 0 unspecified atom stereocenters. The molecular weight excluding hydrogens is 289 g/mol. The maximum atomic E-state index is 12.1. The molecule has 0 bridgehead atoms. The Hall–Kier alpha value is -1.85. The number of ether oxygens (including phenoxy) is 1. The van der Waals surface area contributed by atoms with Crippen LogP contribution in [0.15, 0.2) is 30.3 Å². The van der Waals surface area contributed by atoms with Gasteiger partial charge in [0.05, 0.1) is 18.4 Å². The smallest absolute Gasteiger partial charge is 0.259 e. The normalized spacial score (nSPS) is 10.1. The van der Waals surface area contributed by atoms with Gasteiger partial charge in [-0.1, -0.05) is 35.3 Å². The Morgan fingerprint density at radius 3 is 2.74 bits per heavy atom. The Bertz CT molecular complexity index is 620. The van der Waals surface area contributed by atoms with Gasteiger partial charge in [0, 0.05) is 0 Å². The van der Waals surface area contributed by atoms with Crippen molar-refractivity contribution in [2.24, 2.45) is 0 Å². The molecule has 7 heteroatoms. The van der Waals surface area contributed by atoms with Gasteiger partial charge in [0.2, 0.25) is 0 Å². The first-order chi connectivity index (χ1) is 9.11. The molecule has 0 saturated heterocycles. The molecule has 1 aromatic carbocycles. The summed E-state index contributed by atoms with van der Waals surface area (Å²) in [5.74, 6) is 0.103. The van der Waals surface area contributed by atoms with Crippen molar-refractivity contribution in [3.63, 3.8) is 0 Å². The number of carbonyl (C=O) groups is 1. The number of methoxy groups -OCH3 is 1. The zero-order valence-corrected chi connectivity index (χ0v) is 11.4. The molecule has 1 amide bonds. The number of nitrogens with zero attached hydrogens (tertiary/aromatic N) is 2. The molecule has 0 atom stereocenters. The molecule has 19 heavy (non-hydrogen) atoms. The van der Waals surface area contributed by atoms with E-state index in [-0.39, 0.29) is 15.9 Å². The molecule has 1 heterocycles. The van der Waals surface area contributed by atoms with Gasteiger partial charge < -0.3 is 10.1 Å². The SMILES string of the molecule is COc1ccccc1NC(=O)c1cc(Cl)nnc1Cl. The predicted molar refractivity (Wildman–Crippen MR) is 73.0 cm³/mol. The molecule has 2 aromatic rings. The minimum absolute atomic E-state index is 0.0169. The Balaban J connectivity index is 2.28. The Labute approximate surface area is 119 Å². The van der Waals surface area contributed by atoms with Gasteiger partial charge in [-0.05, 0) is 18.2 Å². The first-order valence-electron chi connectivity index (χ1n) is 5.25. The third-order valence-electron chi connectivity index (χ3n) is 2.32. The fourth-order valence-electron chi connectivity index (χ4n) is 1.45. The third kappa shape index (κ3) is 3.13. The van der Waals surface area contributed by atoms with E-state index >= 15 is 0 Å². The Morgan fingerprint density at radius 2 is 2.00 bits per heavy atom. The van der Waals surface area contributed by atoms with E-state index in [1.807, 2.05) is 0 Å². The quantitative estimate of drug-likeness (QED) is 0.946. The number of hydrogen-bond acceptors (Lipinski definition) is 4. The maximum absolute atomic E-state index is 12.1. The topological polar surface area (TPSA) is 64.1 Å².